The molecule has 1 aromatic rings. The average molecular weight is 290 g/mol. The normalized spacial score (nSPS) is 25.2. The number of aromatic nitrogens is 1. The van der Waals surface area contributed by atoms with E-state index in [0.717, 1.165) is 12.1 Å². The molecule has 1 aromatic heterocycles. The summed E-state index contributed by atoms with van der Waals surface area (Å²) in [4.78, 5) is 17.8. The molecular weight excluding hydrogens is 268 g/mol. The molecule has 3 rings (SSSR count). The summed E-state index contributed by atoms with van der Waals surface area (Å²) < 4.78 is 0. The van der Waals surface area contributed by atoms with Crippen molar-refractivity contribution in [3.63, 3.8) is 0 Å². The molecule has 114 valence electrons. The molecule has 0 spiro atoms. The molecule has 0 radical (unpaired) electrons. The predicted octanol–water partition coefficient (Wildman–Crippen LogP) is 1.93. The third-order valence-electron chi connectivity index (χ3n) is 4.90. The van der Waals surface area contributed by atoms with Gasteiger partial charge in [0, 0.05) is 42.5 Å². The van der Waals surface area contributed by atoms with Gasteiger partial charge < -0.3 is 5.32 Å². The fourth-order valence-electron chi connectivity index (χ4n) is 3.77. The predicted molar refractivity (Wildman–Crippen MR) is 80.2 cm³/mol. The lowest BCUT2D eigenvalue weighted by Gasteiger charge is -2.21. The Morgan fingerprint density at radius 3 is 3.00 bits per heavy atom. The number of nitrogens with zero attached hydrogens (tertiary/aromatic N) is 3. The van der Waals surface area contributed by atoms with Crippen molar-refractivity contribution < 1.29 is 4.92 Å². The maximum atomic E-state index is 11.2. The SMILES string of the molecule is Cc1cnc(CNC2CCN3CCCC23)c(C)c1[N+](=O)[O-]. The van der Waals surface area contributed by atoms with Gasteiger partial charge in [-0.3, -0.25) is 20.0 Å². The summed E-state index contributed by atoms with van der Waals surface area (Å²) >= 11 is 0. The molecular formula is C15H22N4O2. The molecule has 0 amide bonds. The Hall–Kier alpha value is -1.53. The molecule has 3 heterocycles. The second-order valence-electron chi connectivity index (χ2n) is 6.14. The summed E-state index contributed by atoms with van der Waals surface area (Å²) in [7, 11) is 0. The number of hydrogen-bond acceptors (Lipinski definition) is 5. The van der Waals surface area contributed by atoms with Gasteiger partial charge >= 0.3 is 0 Å². The molecule has 2 fully saturated rings. The van der Waals surface area contributed by atoms with Gasteiger partial charge in [0.15, 0.2) is 0 Å². The average Bonchev–Trinajstić information content (AvgIpc) is 3.01. The van der Waals surface area contributed by atoms with E-state index in [1.165, 1.54) is 25.9 Å². The molecule has 2 aliphatic rings. The van der Waals surface area contributed by atoms with Crippen LogP contribution in [0.3, 0.4) is 0 Å². The highest BCUT2D eigenvalue weighted by Crippen LogP contribution is 2.29. The largest absolute Gasteiger partial charge is 0.307 e. The van der Waals surface area contributed by atoms with E-state index in [1.807, 2.05) is 0 Å². The maximum Gasteiger partial charge on any atom is 0.278 e. The highest BCUT2D eigenvalue weighted by molar-refractivity contribution is 5.47. The van der Waals surface area contributed by atoms with Crippen LogP contribution in [0, 0.1) is 24.0 Å². The van der Waals surface area contributed by atoms with Crippen molar-refractivity contribution in [2.75, 3.05) is 13.1 Å². The second kappa shape index (κ2) is 5.69. The van der Waals surface area contributed by atoms with Crippen LogP contribution in [0.25, 0.3) is 0 Å². The monoisotopic (exact) mass is 290 g/mol. The van der Waals surface area contributed by atoms with Crippen LogP contribution in [0.4, 0.5) is 5.69 Å². The van der Waals surface area contributed by atoms with Gasteiger partial charge in [-0.05, 0) is 39.7 Å². The first kappa shape index (κ1) is 14.4. The van der Waals surface area contributed by atoms with Gasteiger partial charge in [-0.25, -0.2) is 0 Å². The Morgan fingerprint density at radius 2 is 2.24 bits per heavy atom. The molecule has 2 unspecified atom stereocenters. The number of hydrogen-bond donors (Lipinski definition) is 1. The van der Waals surface area contributed by atoms with Crippen LogP contribution in [0.1, 0.15) is 36.1 Å². The zero-order valence-corrected chi connectivity index (χ0v) is 12.6. The molecule has 0 aromatic carbocycles. The number of pyridine rings is 1. The topological polar surface area (TPSA) is 71.3 Å². The zero-order chi connectivity index (χ0) is 15.0. The molecule has 0 aliphatic carbocycles. The highest BCUT2D eigenvalue weighted by atomic mass is 16.6. The Bertz CT molecular complexity index is 561. The van der Waals surface area contributed by atoms with Gasteiger partial charge in [0.05, 0.1) is 10.6 Å². The van der Waals surface area contributed by atoms with Crippen molar-refractivity contribution in [3.8, 4) is 0 Å². The van der Waals surface area contributed by atoms with E-state index >= 15 is 0 Å². The molecule has 1 N–H and O–H groups in total. The summed E-state index contributed by atoms with van der Waals surface area (Å²) in [5.74, 6) is 0. The van der Waals surface area contributed by atoms with Gasteiger partial charge in [-0.1, -0.05) is 0 Å². The lowest BCUT2D eigenvalue weighted by Crippen LogP contribution is -2.39. The lowest BCUT2D eigenvalue weighted by atomic mass is 10.1. The summed E-state index contributed by atoms with van der Waals surface area (Å²) in [6.45, 7) is 6.54. The number of nitro groups is 1. The minimum Gasteiger partial charge on any atom is -0.307 e. The summed E-state index contributed by atoms with van der Waals surface area (Å²) in [6.07, 6.45) is 5.32. The van der Waals surface area contributed by atoms with E-state index in [0.29, 0.717) is 29.8 Å². The van der Waals surface area contributed by atoms with Crippen molar-refractivity contribution in [1.29, 1.82) is 0 Å². The highest BCUT2D eigenvalue weighted by Gasteiger charge is 2.36. The van der Waals surface area contributed by atoms with Crippen LogP contribution in [0.2, 0.25) is 0 Å². The zero-order valence-electron chi connectivity index (χ0n) is 12.6. The molecule has 6 heteroatoms. The number of fused-ring (bicyclic) bond motifs is 1. The number of nitrogens with one attached hydrogen (secondary N) is 1. The van der Waals surface area contributed by atoms with E-state index in [-0.39, 0.29) is 10.6 Å². The Labute approximate surface area is 124 Å². The molecule has 6 nitrogen and oxygen atoms in total. The van der Waals surface area contributed by atoms with Crippen molar-refractivity contribution in [2.45, 2.75) is 51.7 Å². The van der Waals surface area contributed by atoms with Gasteiger partial charge in [0.1, 0.15) is 0 Å². The van der Waals surface area contributed by atoms with E-state index in [9.17, 15) is 10.1 Å². The van der Waals surface area contributed by atoms with Crippen LogP contribution in [-0.4, -0.2) is 40.0 Å². The molecule has 2 saturated heterocycles. The van der Waals surface area contributed by atoms with Gasteiger partial charge in [-0.15, -0.1) is 0 Å². The first-order valence-electron chi connectivity index (χ1n) is 7.65. The van der Waals surface area contributed by atoms with Crippen LogP contribution in [0.5, 0.6) is 0 Å². The quantitative estimate of drug-likeness (QED) is 0.677. The standard InChI is InChI=1S/C15H22N4O2/c1-10-8-16-13(11(2)15(10)19(20)21)9-17-12-5-7-18-6-3-4-14(12)18/h8,12,14,17H,3-7,9H2,1-2H3. The third kappa shape index (κ3) is 2.65. The smallest absolute Gasteiger partial charge is 0.278 e. The first-order valence-corrected chi connectivity index (χ1v) is 7.65. The van der Waals surface area contributed by atoms with Gasteiger partial charge in [0.25, 0.3) is 5.69 Å². The summed E-state index contributed by atoms with van der Waals surface area (Å²) in [5.41, 5.74) is 2.32. The first-order chi connectivity index (χ1) is 10.1. The molecule has 0 bridgehead atoms. The molecule has 21 heavy (non-hydrogen) atoms. The van der Waals surface area contributed by atoms with Gasteiger partial charge in [0.2, 0.25) is 0 Å². The summed E-state index contributed by atoms with van der Waals surface area (Å²) in [5, 5.41) is 14.7. The van der Waals surface area contributed by atoms with E-state index < -0.39 is 0 Å². The van der Waals surface area contributed by atoms with Crippen molar-refractivity contribution in [3.05, 3.63) is 33.1 Å². The van der Waals surface area contributed by atoms with Gasteiger partial charge in [-0.2, -0.15) is 0 Å². The Morgan fingerprint density at radius 1 is 1.43 bits per heavy atom. The third-order valence-corrected chi connectivity index (χ3v) is 4.90. The minimum absolute atomic E-state index is 0.204. The fourth-order valence-corrected chi connectivity index (χ4v) is 3.77. The molecule has 2 aliphatic heterocycles. The molecule has 2 atom stereocenters. The van der Waals surface area contributed by atoms with Crippen LogP contribution in [0.15, 0.2) is 6.20 Å². The number of rotatable bonds is 4. The van der Waals surface area contributed by atoms with E-state index in [4.69, 9.17) is 0 Å². The van der Waals surface area contributed by atoms with Crippen molar-refractivity contribution >= 4 is 5.69 Å². The minimum atomic E-state index is -0.301. The van der Waals surface area contributed by atoms with Crippen LogP contribution >= 0.6 is 0 Å². The Balaban J connectivity index is 1.71. The van der Waals surface area contributed by atoms with Crippen LogP contribution < -0.4 is 5.32 Å². The fraction of sp³-hybridized carbons (Fsp3) is 0.667. The van der Waals surface area contributed by atoms with Crippen molar-refractivity contribution in [1.82, 2.24) is 15.2 Å². The van der Waals surface area contributed by atoms with E-state index in [1.54, 1.807) is 20.0 Å². The Kier molecular flexibility index (Phi) is 3.91. The maximum absolute atomic E-state index is 11.2. The molecule has 0 saturated carbocycles. The van der Waals surface area contributed by atoms with Crippen molar-refractivity contribution in [2.24, 2.45) is 0 Å². The lowest BCUT2D eigenvalue weighted by molar-refractivity contribution is -0.386. The number of aryl methyl sites for hydroxylation is 1. The summed E-state index contributed by atoms with van der Waals surface area (Å²) in [6, 6.07) is 1.14. The van der Waals surface area contributed by atoms with E-state index in [2.05, 4.69) is 15.2 Å². The second-order valence-corrected chi connectivity index (χ2v) is 6.14. The van der Waals surface area contributed by atoms with Crippen LogP contribution in [-0.2, 0) is 6.54 Å².